The zero-order chi connectivity index (χ0) is 14.2. The monoisotopic (exact) mass is 290 g/mol. The van der Waals surface area contributed by atoms with Crippen molar-refractivity contribution >= 4 is 23.2 Å². The van der Waals surface area contributed by atoms with Crippen molar-refractivity contribution in [3.05, 3.63) is 35.9 Å². The molecule has 0 radical (unpaired) electrons. The van der Waals surface area contributed by atoms with Gasteiger partial charge in [0.1, 0.15) is 0 Å². The number of rotatable bonds is 3. The van der Waals surface area contributed by atoms with Gasteiger partial charge in [-0.3, -0.25) is 4.79 Å². The van der Waals surface area contributed by atoms with E-state index in [1.807, 2.05) is 30.3 Å². The molecule has 1 fully saturated rings. The van der Waals surface area contributed by atoms with Crippen LogP contribution >= 0.6 is 12.2 Å². The van der Waals surface area contributed by atoms with Crippen LogP contribution in [0.5, 0.6) is 0 Å². The minimum atomic E-state index is -0.0534. The van der Waals surface area contributed by atoms with Gasteiger partial charge in [-0.1, -0.05) is 56.0 Å². The van der Waals surface area contributed by atoms with E-state index in [1.165, 1.54) is 25.7 Å². The van der Waals surface area contributed by atoms with Gasteiger partial charge in [-0.2, -0.15) is 0 Å². The van der Waals surface area contributed by atoms with Gasteiger partial charge in [0.05, 0.1) is 6.42 Å². The molecule has 4 heteroatoms. The van der Waals surface area contributed by atoms with Crippen molar-refractivity contribution in [1.82, 2.24) is 10.6 Å². The molecule has 0 atom stereocenters. The Balaban J connectivity index is 1.74. The molecule has 1 amide bonds. The lowest BCUT2D eigenvalue weighted by Crippen LogP contribution is -2.44. The summed E-state index contributed by atoms with van der Waals surface area (Å²) in [5, 5.41) is 6.52. The molecule has 0 aliphatic heterocycles. The largest absolute Gasteiger partial charge is 0.360 e. The van der Waals surface area contributed by atoms with Crippen molar-refractivity contribution in [2.24, 2.45) is 0 Å². The summed E-state index contributed by atoms with van der Waals surface area (Å²) < 4.78 is 0. The van der Waals surface area contributed by atoms with Gasteiger partial charge in [-0.25, -0.2) is 0 Å². The van der Waals surface area contributed by atoms with E-state index >= 15 is 0 Å². The van der Waals surface area contributed by atoms with Crippen molar-refractivity contribution in [3.63, 3.8) is 0 Å². The fraction of sp³-hybridized carbons (Fsp3) is 0.500. The lowest BCUT2D eigenvalue weighted by Gasteiger charge is -2.18. The van der Waals surface area contributed by atoms with Crippen LogP contribution in [0.2, 0.25) is 0 Å². The molecule has 2 rings (SSSR count). The first-order chi connectivity index (χ1) is 9.74. The van der Waals surface area contributed by atoms with Gasteiger partial charge >= 0.3 is 0 Å². The highest BCUT2D eigenvalue weighted by Crippen LogP contribution is 2.17. The summed E-state index contributed by atoms with van der Waals surface area (Å²) >= 11 is 5.23. The highest BCUT2D eigenvalue weighted by Gasteiger charge is 2.14. The second-order valence-corrected chi connectivity index (χ2v) is 5.78. The van der Waals surface area contributed by atoms with Crippen molar-refractivity contribution < 1.29 is 4.79 Å². The van der Waals surface area contributed by atoms with E-state index in [-0.39, 0.29) is 5.91 Å². The highest BCUT2D eigenvalue weighted by molar-refractivity contribution is 7.80. The van der Waals surface area contributed by atoms with Gasteiger partial charge in [0.2, 0.25) is 5.91 Å². The second kappa shape index (κ2) is 8.00. The summed E-state index contributed by atoms with van der Waals surface area (Å²) in [4.78, 5) is 11.9. The average Bonchev–Trinajstić information content (AvgIpc) is 2.68. The van der Waals surface area contributed by atoms with Crippen LogP contribution in [0.1, 0.15) is 44.1 Å². The Kier molecular flexibility index (Phi) is 5.99. The first-order valence-corrected chi connectivity index (χ1v) is 7.79. The lowest BCUT2D eigenvalue weighted by molar-refractivity contribution is -0.119. The fourth-order valence-electron chi connectivity index (χ4n) is 2.60. The van der Waals surface area contributed by atoms with Crippen LogP contribution < -0.4 is 10.6 Å². The van der Waals surface area contributed by atoms with Crippen LogP contribution in [0.25, 0.3) is 0 Å². The standard InChI is InChI=1S/C16H22N2OS/c19-15(12-13-8-4-3-5-9-13)18-16(20)17-14-10-6-1-2-7-11-14/h3-5,8-9,14H,1-2,6-7,10-12H2,(H2,17,18,19,20). The number of amides is 1. The van der Waals surface area contributed by atoms with Crippen LogP contribution in [0.3, 0.4) is 0 Å². The van der Waals surface area contributed by atoms with E-state index < -0.39 is 0 Å². The van der Waals surface area contributed by atoms with E-state index in [1.54, 1.807) is 0 Å². The van der Waals surface area contributed by atoms with E-state index in [2.05, 4.69) is 10.6 Å². The number of thiocarbonyl (C=S) groups is 1. The van der Waals surface area contributed by atoms with Crippen molar-refractivity contribution in [2.75, 3.05) is 0 Å². The third-order valence-corrected chi connectivity index (χ3v) is 3.87. The summed E-state index contributed by atoms with van der Waals surface area (Å²) in [5.41, 5.74) is 1.00. The van der Waals surface area contributed by atoms with Gasteiger partial charge in [0, 0.05) is 6.04 Å². The summed E-state index contributed by atoms with van der Waals surface area (Å²) in [6.45, 7) is 0. The molecule has 0 heterocycles. The second-order valence-electron chi connectivity index (χ2n) is 5.37. The number of hydrogen-bond acceptors (Lipinski definition) is 2. The molecule has 0 aromatic heterocycles. The fourth-order valence-corrected chi connectivity index (χ4v) is 2.88. The van der Waals surface area contributed by atoms with E-state index in [0.29, 0.717) is 17.6 Å². The SMILES string of the molecule is O=C(Cc1ccccc1)NC(=S)NC1CCCCCC1. The third kappa shape index (κ3) is 5.29. The normalized spacial score (nSPS) is 16.2. The van der Waals surface area contributed by atoms with Crippen LogP contribution in [0, 0.1) is 0 Å². The van der Waals surface area contributed by atoms with Gasteiger partial charge in [-0.15, -0.1) is 0 Å². The summed E-state index contributed by atoms with van der Waals surface area (Å²) in [6.07, 6.45) is 7.78. The Bertz CT molecular complexity index is 439. The third-order valence-electron chi connectivity index (χ3n) is 3.65. The minimum Gasteiger partial charge on any atom is -0.360 e. The quantitative estimate of drug-likeness (QED) is 0.664. The molecule has 0 bridgehead atoms. The van der Waals surface area contributed by atoms with E-state index in [4.69, 9.17) is 12.2 Å². The molecule has 0 unspecified atom stereocenters. The molecule has 1 aromatic rings. The molecular weight excluding hydrogens is 268 g/mol. The molecule has 1 aliphatic carbocycles. The van der Waals surface area contributed by atoms with Gasteiger partial charge in [-0.05, 0) is 30.6 Å². The number of hydrogen-bond donors (Lipinski definition) is 2. The predicted octanol–water partition coefficient (Wildman–Crippen LogP) is 2.94. The molecule has 108 valence electrons. The zero-order valence-corrected chi connectivity index (χ0v) is 12.5. The molecule has 1 aliphatic rings. The maximum atomic E-state index is 11.9. The number of carbonyl (C=O) groups is 1. The Morgan fingerprint density at radius 3 is 2.40 bits per heavy atom. The molecule has 2 N–H and O–H groups in total. The van der Waals surface area contributed by atoms with Crippen molar-refractivity contribution in [2.45, 2.75) is 51.0 Å². The molecule has 0 saturated heterocycles. The summed E-state index contributed by atoms with van der Waals surface area (Å²) in [5.74, 6) is -0.0534. The van der Waals surface area contributed by atoms with E-state index in [9.17, 15) is 4.79 Å². The van der Waals surface area contributed by atoms with Crippen LogP contribution in [-0.2, 0) is 11.2 Å². The summed E-state index contributed by atoms with van der Waals surface area (Å²) in [7, 11) is 0. The zero-order valence-electron chi connectivity index (χ0n) is 11.7. The number of nitrogens with one attached hydrogen (secondary N) is 2. The smallest absolute Gasteiger partial charge is 0.230 e. The van der Waals surface area contributed by atoms with E-state index in [0.717, 1.165) is 18.4 Å². The highest BCUT2D eigenvalue weighted by atomic mass is 32.1. The molecular formula is C16H22N2OS. The predicted molar refractivity (Wildman–Crippen MR) is 85.5 cm³/mol. The molecule has 1 aromatic carbocycles. The molecule has 3 nitrogen and oxygen atoms in total. The Morgan fingerprint density at radius 1 is 1.10 bits per heavy atom. The maximum Gasteiger partial charge on any atom is 0.230 e. The van der Waals surface area contributed by atoms with Crippen LogP contribution in [-0.4, -0.2) is 17.1 Å². The molecule has 0 spiro atoms. The first kappa shape index (κ1) is 15.0. The van der Waals surface area contributed by atoms with Gasteiger partial charge in [0.25, 0.3) is 0 Å². The lowest BCUT2D eigenvalue weighted by atomic mass is 10.1. The topological polar surface area (TPSA) is 41.1 Å². The maximum absolute atomic E-state index is 11.9. The van der Waals surface area contributed by atoms with Gasteiger partial charge < -0.3 is 10.6 Å². The van der Waals surface area contributed by atoms with Gasteiger partial charge in [0.15, 0.2) is 5.11 Å². The number of benzene rings is 1. The van der Waals surface area contributed by atoms with Crippen molar-refractivity contribution in [3.8, 4) is 0 Å². The average molecular weight is 290 g/mol. The molecule has 20 heavy (non-hydrogen) atoms. The Hall–Kier alpha value is -1.42. The minimum absolute atomic E-state index is 0.0534. The van der Waals surface area contributed by atoms with Crippen LogP contribution in [0.4, 0.5) is 0 Å². The van der Waals surface area contributed by atoms with Crippen LogP contribution in [0.15, 0.2) is 30.3 Å². The van der Waals surface area contributed by atoms with Crippen molar-refractivity contribution in [1.29, 1.82) is 0 Å². The molecule has 1 saturated carbocycles. The Morgan fingerprint density at radius 2 is 1.75 bits per heavy atom. The summed E-state index contributed by atoms with van der Waals surface area (Å²) in [6, 6.07) is 10.1. The first-order valence-electron chi connectivity index (χ1n) is 7.38. The number of carbonyl (C=O) groups excluding carboxylic acids is 1. The Labute approximate surface area is 126 Å².